The number of hydrogen-bond acceptors (Lipinski definition) is 4. The molecule has 0 radical (unpaired) electrons. The number of carbonyl (C=O) groups is 1. The van der Waals surface area contributed by atoms with E-state index in [2.05, 4.69) is 38.3 Å². The van der Waals surface area contributed by atoms with Gasteiger partial charge in [-0.2, -0.15) is 0 Å². The third kappa shape index (κ3) is 5.95. The molecule has 0 aliphatic carbocycles. The normalized spacial score (nSPS) is 21.4. The van der Waals surface area contributed by atoms with Gasteiger partial charge in [-0.05, 0) is 58.6 Å². The second-order valence-electron chi connectivity index (χ2n) is 8.51. The van der Waals surface area contributed by atoms with Crippen LogP contribution in [-0.2, 0) is 11.2 Å². The predicted molar refractivity (Wildman–Crippen MR) is 94.6 cm³/mol. The third-order valence-corrected chi connectivity index (χ3v) is 4.66. The van der Waals surface area contributed by atoms with E-state index in [0.717, 1.165) is 18.6 Å². The molecule has 1 aliphatic heterocycles. The van der Waals surface area contributed by atoms with Gasteiger partial charge in [0.2, 0.25) is 5.91 Å². The highest BCUT2D eigenvalue weighted by molar-refractivity contribution is 5.76. The van der Waals surface area contributed by atoms with Crippen LogP contribution in [0.15, 0.2) is 22.8 Å². The van der Waals surface area contributed by atoms with Crippen molar-refractivity contribution < 1.29 is 14.3 Å². The molecule has 0 bridgehead atoms. The Hall–Kier alpha value is -1.33. The number of furan rings is 1. The Labute approximate surface area is 145 Å². The zero-order chi connectivity index (χ0) is 17.8. The zero-order valence-corrected chi connectivity index (χ0v) is 15.4. The third-order valence-electron chi connectivity index (χ3n) is 4.66. The summed E-state index contributed by atoms with van der Waals surface area (Å²) < 4.78 is 5.31. The van der Waals surface area contributed by atoms with E-state index in [4.69, 9.17) is 4.42 Å². The fraction of sp³-hybridized carbons (Fsp3) is 0.737. The molecule has 0 aromatic carbocycles. The second-order valence-corrected chi connectivity index (χ2v) is 8.51. The quantitative estimate of drug-likeness (QED) is 0.715. The van der Waals surface area contributed by atoms with Gasteiger partial charge < -0.3 is 20.2 Å². The number of rotatable bonds is 7. The predicted octanol–water partition coefficient (Wildman–Crippen LogP) is 2.49. The van der Waals surface area contributed by atoms with Crippen molar-refractivity contribution in [2.75, 3.05) is 13.2 Å². The minimum atomic E-state index is -0.0130. The van der Waals surface area contributed by atoms with Crippen molar-refractivity contribution >= 4 is 5.91 Å². The first-order valence-corrected chi connectivity index (χ1v) is 8.88. The summed E-state index contributed by atoms with van der Waals surface area (Å²) >= 11 is 0. The average Bonchev–Trinajstić information content (AvgIpc) is 2.92. The molecule has 5 nitrogen and oxygen atoms in total. The Kier molecular flexibility index (Phi) is 6.10. The Balaban J connectivity index is 1.79. The van der Waals surface area contributed by atoms with Crippen molar-refractivity contribution in [3.63, 3.8) is 0 Å². The monoisotopic (exact) mass is 336 g/mol. The molecule has 0 saturated carbocycles. The molecule has 1 fully saturated rings. The lowest BCUT2D eigenvalue weighted by molar-refractivity contribution is -0.122. The molecule has 0 spiro atoms. The van der Waals surface area contributed by atoms with Gasteiger partial charge in [-0.15, -0.1) is 0 Å². The fourth-order valence-electron chi connectivity index (χ4n) is 4.19. The lowest BCUT2D eigenvalue weighted by Crippen LogP contribution is -2.58. The average molecular weight is 336 g/mol. The van der Waals surface area contributed by atoms with E-state index < -0.39 is 0 Å². The van der Waals surface area contributed by atoms with Gasteiger partial charge in [0.25, 0.3) is 0 Å². The van der Waals surface area contributed by atoms with Gasteiger partial charge in [-0.1, -0.05) is 0 Å². The molecule has 1 aromatic heterocycles. The maximum absolute atomic E-state index is 12.3. The van der Waals surface area contributed by atoms with E-state index in [1.807, 2.05) is 12.1 Å². The summed E-state index contributed by atoms with van der Waals surface area (Å²) in [4.78, 5) is 12.3. The summed E-state index contributed by atoms with van der Waals surface area (Å²) in [5.74, 6) is 1.28. The van der Waals surface area contributed by atoms with E-state index >= 15 is 0 Å². The number of aliphatic hydroxyl groups excluding tert-OH is 1. The van der Waals surface area contributed by atoms with Crippen molar-refractivity contribution in [1.82, 2.24) is 10.6 Å². The summed E-state index contributed by atoms with van der Waals surface area (Å²) in [7, 11) is 0. The van der Waals surface area contributed by atoms with Crippen molar-refractivity contribution in [3.05, 3.63) is 24.2 Å². The van der Waals surface area contributed by atoms with Crippen LogP contribution in [0.5, 0.6) is 0 Å². The van der Waals surface area contributed by atoms with E-state index in [1.165, 1.54) is 0 Å². The van der Waals surface area contributed by atoms with Gasteiger partial charge in [-0.25, -0.2) is 0 Å². The molecular formula is C19H32N2O3. The molecule has 136 valence electrons. The maximum atomic E-state index is 12.3. The lowest BCUT2D eigenvalue weighted by Gasteiger charge is -2.46. The Bertz CT molecular complexity index is 507. The summed E-state index contributed by atoms with van der Waals surface area (Å²) in [6, 6.07) is 3.73. The van der Waals surface area contributed by atoms with Crippen LogP contribution in [0.1, 0.15) is 52.7 Å². The fourth-order valence-corrected chi connectivity index (χ4v) is 4.19. The van der Waals surface area contributed by atoms with Crippen LogP contribution in [0, 0.1) is 11.8 Å². The molecule has 2 heterocycles. The zero-order valence-electron chi connectivity index (χ0n) is 15.4. The standard InChI is InChI=1S/C19H32N2O3/c1-18(2)10-14(11-19(3,4)21-18)9-17(23)20-12-15(13-22)8-16-6-5-7-24-16/h5-7,14-15,21-22H,8-13H2,1-4H3,(H,20,23). The van der Waals surface area contributed by atoms with Crippen LogP contribution < -0.4 is 10.6 Å². The van der Waals surface area contributed by atoms with Crippen molar-refractivity contribution in [2.45, 2.75) is 64.5 Å². The first-order valence-electron chi connectivity index (χ1n) is 8.88. The maximum Gasteiger partial charge on any atom is 0.220 e. The molecule has 3 N–H and O–H groups in total. The molecule has 24 heavy (non-hydrogen) atoms. The summed E-state index contributed by atoms with van der Waals surface area (Å²) in [6.07, 6.45) is 4.81. The van der Waals surface area contributed by atoms with Crippen molar-refractivity contribution in [2.24, 2.45) is 11.8 Å². The van der Waals surface area contributed by atoms with Gasteiger partial charge >= 0.3 is 0 Å². The first kappa shape index (κ1) is 19.0. The van der Waals surface area contributed by atoms with Crippen LogP contribution in [-0.4, -0.2) is 35.2 Å². The smallest absolute Gasteiger partial charge is 0.220 e. The van der Waals surface area contributed by atoms with Gasteiger partial charge in [-0.3, -0.25) is 4.79 Å². The summed E-state index contributed by atoms with van der Waals surface area (Å²) in [5, 5.41) is 16.1. The summed E-state index contributed by atoms with van der Waals surface area (Å²) in [5.41, 5.74) is 0.110. The van der Waals surface area contributed by atoms with Gasteiger partial charge in [0.05, 0.1) is 6.26 Å². The lowest BCUT2D eigenvalue weighted by atomic mass is 9.74. The van der Waals surface area contributed by atoms with E-state index in [-0.39, 0.29) is 29.5 Å². The molecule has 2 rings (SSSR count). The number of piperidine rings is 1. The number of nitrogens with one attached hydrogen (secondary N) is 2. The highest BCUT2D eigenvalue weighted by Gasteiger charge is 2.38. The molecule has 1 unspecified atom stereocenters. The van der Waals surface area contributed by atoms with Crippen LogP contribution >= 0.6 is 0 Å². The van der Waals surface area contributed by atoms with E-state index in [9.17, 15) is 9.90 Å². The van der Waals surface area contributed by atoms with Crippen LogP contribution in [0.2, 0.25) is 0 Å². The van der Waals surface area contributed by atoms with Crippen LogP contribution in [0.25, 0.3) is 0 Å². The molecule has 1 saturated heterocycles. The van der Waals surface area contributed by atoms with E-state index in [0.29, 0.717) is 25.3 Å². The Morgan fingerprint density at radius 1 is 1.38 bits per heavy atom. The molecule has 5 heteroatoms. The largest absolute Gasteiger partial charge is 0.469 e. The Morgan fingerprint density at radius 2 is 2.04 bits per heavy atom. The van der Waals surface area contributed by atoms with Crippen molar-refractivity contribution in [3.8, 4) is 0 Å². The van der Waals surface area contributed by atoms with E-state index in [1.54, 1.807) is 6.26 Å². The number of amides is 1. The molecule has 1 aromatic rings. The molecule has 1 atom stereocenters. The topological polar surface area (TPSA) is 74.5 Å². The minimum Gasteiger partial charge on any atom is -0.469 e. The number of hydrogen-bond donors (Lipinski definition) is 3. The number of aliphatic hydroxyl groups is 1. The van der Waals surface area contributed by atoms with Crippen molar-refractivity contribution in [1.29, 1.82) is 0 Å². The first-order chi connectivity index (χ1) is 11.2. The van der Waals surface area contributed by atoms with Crippen LogP contribution in [0.3, 0.4) is 0 Å². The molecule has 1 aliphatic rings. The van der Waals surface area contributed by atoms with Crippen LogP contribution in [0.4, 0.5) is 0 Å². The second kappa shape index (κ2) is 7.70. The van der Waals surface area contributed by atoms with Gasteiger partial charge in [0, 0.05) is 43.0 Å². The highest BCUT2D eigenvalue weighted by Crippen LogP contribution is 2.34. The highest BCUT2D eigenvalue weighted by atomic mass is 16.3. The summed E-state index contributed by atoms with van der Waals surface area (Å²) in [6.45, 7) is 9.31. The molecule has 1 amide bonds. The minimum absolute atomic E-state index is 0.0130. The SMILES string of the molecule is CC1(C)CC(CC(=O)NCC(CO)Cc2ccco2)CC(C)(C)N1. The Morgan fingerprint density at radius 3 is 2.58 bits per heavy atom. The van der Waals surface area contributed by atoms with Gasteiger partial charge in [0.1, 0.15) is 5.76 Å². The van der Waals surface area contributed by atoms with Gasteiger partial charge in [0.15, 0.2) is 0 Å². The molecular weight excluding hydrogens is 304 g/mol. The number of carbonyl (C=O) groups excluding carboxylic acids is 1.